The predicted octanol–water partition coefficient (Wildman–Crippen LogP) is -0.158. The Morgan fingerprint density at radius 1 is 1.40 bits per heavy atom. The molecule has 0 aliphatic carbocycles. The first-order chi connectivity index (χ1) is 1.73. The van der Waals surface area contributed by atoms with Crippen LogP contribution in [0.15, 0.2) is 0 Å². The molecule has 1 radical (unpaired) electrons. The SMILES string of the molecule is O=C(O)O.[K]. The average molecular weight is 101 g/mol. The first-order valence-corrected chi connectivity index (χ1v) is 0.651. The molecule has 3 nitrogen and oxygen atoms in total. The number of carbonyl (C=O) groups is 1. The molecule has 0 spiro atoms. The summed E-state index contributed by atoms with van der Waals surface area (Å²) in [5.41, 5.74) is 0. The predicted molar refractivity (Wildman–Crippen MR) is 16.4 cm³/mol. The molecule has 2 N–H and O–H groups in total. The number of hydrogen-bond donors (Lipinski definition) is 2. The minimum absolute atomic E-state index is 0. The molecule has 0 aliphatic heterocycles. The molecular formula is CH2KO3. The van der Waals surface area contributed by atoms with Crippen molar-refractivity contribution in [2.45, 2.75) is 0 Å². The molecule has 0 heterocycles. The van der Waals surface area contributed by atoms with Gasteiger partial charge < -0.3 is 10.2 Å². The molecular weight excluding hydrogens is 99.1 g/mol. The van der Waals surface area contributed by atoms with Crippen molar-refractivity contribution < 1.29 is 15.0 Å². The number of rotatable bonds is 0. The summed E-state index contributed by atoms with van der Waals surface area (Å²) in [7, 11) is 0. The molecule has 0 aromatic rings. The zero-order valence-corrected chi connectivity index (χ0v) is 5.93. The number of carboxylic acid groups (broad SMARTS) is 2. The molecule has 0 aromatic carbocycles. The Hall–Kier alpha value is 0.906. The summed E-state index contributed by atoms with van der Waals surface area (Å²) in [4.78, 5) is 8.56. The monoisotopic (exact) mass is 101 g/mol. The fourth-order valence-electron chi connectivity index (χ4n) is 0. The average Bonchev–Trinajstić information content (AvgIpc) is 0.811. The molecule has 0 rings (SSSR count). The van der Waals surface area contributed by atoms with Crippen LogP contribution in [0.1, 0.15) is 0 Å². The Balaban J connectivity index is 0. The second kappa shape index (κ2) is 4.91. The third kappa shape index (κ3) is 50.4. The van der Waals surface area contributed by atoms with Gasteiger partial charge in [-0.05, 0) is 0 Å². The standard InChI is InChI=1S/CH2O3.K/c2-1(3)4;/h(H2,2,3,4);. The van der Waals surface area contributed by atoms with Crippen molar-refractivity contribution in [1.82, 2.24) is 0 Å². The van der Waals surface area contributed by atoms with Crippen LogP contribution in [0.4, 0.5) is 4.79 Å². The number of hydrogen-bond acceptors (Lipinski definition) is 1. The summed E-state index contributed by atoms with van der Waals surface area (Å²) in [6, 6.07) is 0. The summed E-state index contributed by atoms with van der Waals surface area (Å²) in [6.45, 7) is 0. The maximum Gasteiger partial charge on any atom is 0.503 e. The molecule has 0 unspecified atom stereocenters. The second-order valence-corrected chi connectivity index (χ2v) is 0.283. The Bertz CT molecular complexity index is 29.9. The van der Waals surface area contributed by atoms with Crippen molar-refractivity contribution in [2.75, 3.05) is 0 Å². The van der Waals surface area contributed by atoms with Crippen molar-refractivity contribution in [3.63, 3.8) is 0 Å². The molecule has 0 aromatic heterocycles. The summed E-state index contributed by atoms with van der Waals surface area (Å²) < 4.78 is 0. The molecule has 0 saturated carbocycles. The van der Waals surface area contributed by atoms with E-state index in [1.54, 1.807) is 0 Å². The van der Waals surface area contributed by atoms with Crippen LogP contribution in [0.3, 0.4) is 0 Å². The molecule has 0 amide bonds. The van der Waals surface area contributed by atoms with Gasteiger partial charge in [0.05, 0.1) is 0 Å². The first kappa shape index (κ1) is 9.32. The van der Waals surface area contributed by atoms with Gasteiger partial charge in [-0.2, -0.15) is 0 Å². The minimum atomic E-state index is -1.83. The maximum atomic E-state index is 8.56. The van der Waals surface area contributed by atoms with E-state index in [0.29, 0.717) is 0 Å². The van der Waals surface area contributed by atoms with Gasteiger partial charge in [0.1, 0.15) is 0 Å². The minimum Gasteiger partial charge on any atom is -0.450 e. The van der Waals surface area contributed by atoms with Gasteiger partial charge in [0.2, 0.25) is 0 Å². The Labute approximate surface area is 71.4 Å². The van der Waals surface area contributed by atoms with E-state index in [1.807, 2.05) is 0 Å². The van der Waals surface area contributed by atoms with Gasteiger partial charge in [0, 0.05) is 51.4 Å². The zero-order valence-electron chi connectivity index (χ0n) is 2.80. The quantitative estimate of drug-likeness (QED) is 0.417. The molecule has 4 heteroatoms. The third-order valence-corrected chi connectivity index (χ3v) is 0. The van der Waals surface area contributed by atoms with E-state index in [2.05, 4.69) is 0 Å². The van der Waals surface area contributed by atoms with E-state index in [-0.39, 0.29) is 51.4 Å². The van der Waals surface area contributed by atoms with Crippen molar-refractivity contribution >= 4 is 57.5 Å². The van der Waals surface area contributed by atoms with Crippen LogP contribution in [0.25, 0.3) is 0 Å². The zero-order chi connectivity index (χ0) is 3.58. The Kier molecular flexibility index (Phi) is 9.14. The van der Waals surface area contributed by atoms with Crippen LogP contribution in [-0.2, 0) is 0 Å². The summed E-state index contributed by atoms with van der Waals surface area (Å²) >= 11 is 0. The Morgan fingerprint density at radius 3 is 1.40 bits per heavy atom. The van der Waals surface area contributed by atoms with E-state index in [4.69, 9.17) is 15.0 Å². The first-order valence-electron chi connectivity index (χ1n) is 0.651. The van der Waals surface area contributed by atoms with Crippen molar-refractivity contribution in [1.29, 1.82) is 0 Å². The molecule has 0 fully saturated rings. The third-order valence-electron chi connectivity index (χ3n) is 0. The van der Waals surface area contributed by atoms with Gasteiger partial charge in [0.15, 0.2) is 0 Å². The molecule has 0 bridgehead atoms. The van der Waals surface area contributed by atoms with Crippen molar-refractivity contribution in [3.05, 3.63) is 0 Å². The van der Waals surface area contributed by atoms with Crippen LogP contribution in [0.2, 0.25) is 0 Å². The van der Waals surface area contributed by atoms with Gasteiger partial charge in [-0.15, -0.1) is 0 Å². The van der Waals surface area contributed by atoms with Gasteiger partial charge in [-0.3, -0.25) is 0 Å². The van der Waals surface area contributed by atoms with Crippen LogP contribution < -0.4 is 0 Å². The van der Waals surface area contributed by atoms with Crippen LogP contribution in [0.5, 0.6) is 0 Å². The molecule has 25 valence electrons. The fourth-order valence-corrected chi connectivity index (χ4v) is 0. The summed E-state index contributed by atoms with van der Waals surface area (Å²) in [5.74, 6) is 0. The van der Waals surface area contributed by atoms with Crippen LogP contribution in [-0.4, -0.2) is 67.8 Å². The van der Waals surface area contributed by atoms with E-state index in [9.17, 15) is 0 Å². The molecule has 0 saturated heterocycles. The Morgan fingerprint density at radius 2 is 1.40 bits per heavy atom. The van der Waals surface area contributed by atoms with E-state index in [1.165, 1.54) is 0 Å². The second-order valence-electron chi connectivity index (χ2n) is 0.283. The smallest absolute Gasteiger partial charge is 0.450 e. The largest absolute Gasteiger partial charge is 0.503 e. The molecule has 5 heavy (non-hydrogen) atoms. The maximum absolute atomic E-state index is 8.56. The topological polar surface area (TPSA) is 57.5 Å². The van der Waals surface area contributed by atoms with Gasteiger partial charge in [-0.1, -0.05) is 0 Å². The van der Waals surface area contributed by atoms with E-state index < -0.39 is 6.16 Å². The van der Waals surface area contributed by atoms with Crippen LogP contribution in [0, 0.1) is 0 Å². The van der Waals surface area contributed by atoms with Gasteiger partial charge >= 0.3 is 6.16 Å². The van der Waals surface area contributed by atoms with Gasteiger partial charge in [-0.25, -0.2) is 4.79 Å². The molecule has 0 aliphatic rings. The summed E-state index contributed by atoms with van der Waals surface area (Å²) in [6.07, 6.45) is -1.83. The van der Waals surface area contributed by atoms with Crippen molar-refractivity contribution in [3.8, 4) is 0 Å². The van der Waals surface area contributed by atoms with Gasteiger partial charge in [0.25, 0.3) is 0 Å². The van der Waals surface area contributed by atoms with E-state index in [0.717, 1.165) is 0 Å². The van der Waals surface area contributed by atoms with Crippen molar-refractivity contribution in [2.24, 2.45) is 0 Å². The van der Waals surface area contributed by atoms with Crippen LogP contribution >= 0.6 is 0 Å². The van der Waals surface area contributed by atoms with E-state index >= 15 is 0 Å². The fraction of sp³-hybridized carbons (Fsp3) is 0. The molecule has 0 atom stereocenters. The summed E-state index contributed by atoms with van der Waals surface area (Å²) in [5, 5.41) is 13.9. The normalized spacial score (nSPS) is 4.80.